The van der Waals surface area contributed by atoms with E-state index in [2.05, 4.69) is 20.2 Å². The molecule has 1 fully saturated rings. The Labute approximate surface area is 95.5 Å². The van der Waals surface area contributed by atoms with Crippen molar-refractivity contribution >= 4 is 11.6 Å². The number of aromatic nitrogens is 2. The molecule has 1 aromatic rings. The van der Waals surface area contributed by atoms with Crippen LogP contribution in [0.25, 0.3) is 0 Å². The summed E-state index contributed by atoms with van der Waals surface area (Å²) in [6.07, 6.45) is 2.38. The molecule has 0 bridgehead atoms. The van der Waals surface area contributed by atoms with Crippen LogP contribution in [0.1, 0.15) is 18.7 Å². The predicted octanol–water partition coefficient (Wildman–Crippen LogP) is 0.788. The Hall–Kier alpha value is -1.36. The largest absolute Gasteiger partial charge is 0.395 e. The standard InChI is InChI=1S/C11H18N4O/c1-8-13-10(12-2)7-11(14-8)15(5-6-16)9-3-4-9/h7,9,16H,3-6H2,1-2H3,(H,12,13,14). The van der Waals surface area contributed by atoms with E-state index >= 15 is 0 Å². The zero-order valence-electron chi connectivity index (χ0n) is 9.77. The maximum absolute atomic E-state index is 9.07. The Kier molecular flexibility index (Phi) is 3.24. The summed E-state index contributed by atoms with van der Waals surface area (Å²) < 4.78 is 0. The van der Waals surface area contributed by atoms with Gasteiger partial charge in [0.15, 0.2) is 0 Å². The second-order valence-corrected chi connectivity index (χ2v) is 4.06. The van der Waals surface area contributed by atoms with Crippen LogP contribution in [0.4, 0.5) is 11.6 Å². The molecule has 2 rings (SSSR count). The minimum absolute atomic E-state index is 0.161. The van der Waals surface area contributed by atoms with Gasteiger partial charge in [0, 0.05) is 25.7 Å². The first-order valence-corrected chi connectivity index (χ1v) is 5.65. The van der Waals surface area contributed by atoms with Gasteiger partial charge in [-0.05, 0) is 19.8 Å². The molecule has 0 radical (unpaired) electrons. The molecule has 88 valence electrons. The first-order chi connectivity index (χ1) is 7.74. The zero-order valence-corrected chi connectivity index (χ0v) is 9.77. The maximum atomic E-state index is 9.07. The van der Waals surface area contributed by atoms with E-state index in [9.17, 15) is 0 Å². The van der Waals surface area contributed by atoms with Gasteiger partial charge in [-0.25, -0.2) is 9.97 Å². The Morgan fingerprint density at radius 2 is 2.25 bits per heavy atom. The normalized spacial score (nSPS) is 14.9. The molecule has 5 heteroatoms. The third-order valence-corrected chi connectivity index (χ3v) is 2.70. The molecule has 0 aromatic carbocycles. The summed E-state index contributed by atoms with van der Waals surface area (Å²) in [5, 5.41) is 12.1. The van der Waals surface area contributed by atoms with E-state index < -0.39 is 0 Å². The molecular weight excluding hydrogens is 204 g/mol. The van der Waals surface area contributed by atoms with Crippen LogP contribution in [0, 0.1) is 6.92 Å². The highest BCUT2D eigenvalue weighted by Gasteiger charge is 2.29. The highest BCUT2D eigenvalue weighted by Crippen LogP contribution is 2.30. The number of rotatable bonds is 5. The fourth-order valence-corrected chi connectivity index (χ4v) is 1.81. The average molecular weight is 222 g/mol. The summed E-state index contributed by atoms with van der Waals surface area (Å²) >= 11 is 0. The molecule has 5 nitrogen and oxygen atoms in total. The second kappa shape index (κ2) is 4.65. The highest BCUT2D eigenvalue weighted by atomic mass is 16.3. The molecule has 0 aliphatic heterocycles. The van der Waals surface area contributed by atoms with E-state index in [0.29, 0.717) is 12.6 Å². The van der Waals surface area contributed by atoms with Gasteiger partial charge >= 0.3 is 0 Å². The van der Waals surface area contributed by atoms with Crippen LogP contribution in [-0.2, 0) is 0 Å². The fraction of sp³-hybridized carbons (Fsp3) is 0.636. The summed E-state index contributed by atoms with van der Waals surface area (Å²) in [5.74, 6) is 2.49. The van der Waals surface area contributed by atoms with Crippen LogP contribution < -0.4 is 10.2 Å². The SMILES string of the molecule is CNc1cc(N(CCO)C2CC2)nc(C)n1. The van der Waals surface area contributed by atoms with Gasteiger partial charge in [0.2, 0.25) is 0 Å². The number of nitrogens with zero attached hydrogens (tertiary/aromatic N) is 3. The van der Waals surface area contributed by atoms with Crippen LogP contribution in [0.2, 0.25) is 0 Å². The highest BCUT2D eigenvalue weighted by molar-refractivity contribution is 5.50. The Balaban J connectivity index is 2.25. The van der Waals surface area contributed by atoms with E-state index in [0.717, 1.165) is 17.5 Å². The van der Waals surface area contributed by atoms with E-state index in [1.54, 1.807) is 0 Å². The zero-order chi connectivity index (χ0) is 11.5. The third-order valence-electron chi connectivity index (χ3n) is 2.70. The van der Waals surface area contributed by atoms with Gasteiger partial charge < -0.3 is 15.3 Å². The molecule has 1 aliphatic rings. The van der Waals surface area contributed by atoms with Crippen molar-refractivity contribution < 1.29 is 5.11 Å². The van der Waals surface area contributed by atoms with Crippen molar-refractivity contribution in [2.24, 2.45) is 0 Å². The summed E-state index contributed by atoms with van der Waals surface area (Å²) in [6.45, 7) is 2.69. The van der Waals surface area contributed by atoms with Crippen LogP contribution in [0.15, 0.2) is 6.07 Å². The number of aliphatic hydroxyl groups is 1. The number of hydrogen-bond acceptors (Lipinski definition) is 5. The minimum Gasteiger partial charge on any atom is -0.395 e. The Morgan fingerprint density at radius 3 is 2.81 bits per heavy atom. The minimum atomic E-state index is 0.161. The molecule has 0 unspecified atom stereocenters. The number of anilines is 2. The predicted molar refractivity (Wildman–Crippen MR) is 63.8 cm³/mol. The van der Waals surface area contributed by atoms with Crippen molar-refractivity contribution in [2.75, 3.05) is 30.4 Å². The van der Waals surface area contributed by atoms with Gasteiger partial charge in [0.1, 0.15) is 17.5 Å². The van der Waals surface area contributed by atoms with Crippen LogP contribution in [0.5, 0.6) is 0 Å². The second-order valence-electron chi connectivity index (χ2n) is 4.06. The van der Waals surface area contributed by atoms with Crippen molar-refractivity contribution in [1.82, 2.24) is 9.97 Å². The van der Waals surface area contributed by atoms with Gasteiger partial charge in [-0.3, -0.25) is 0 Å². The average Bonchev–Trinajstić information content (AvgIpc) is 3.08. The Bertz CT molecular complexity index is 365. The van der Waals surface area contributed by atoms with Crippen molar-refractivity contribution in [3.05, 3.63) is 11.9 Å². The van der Waals surface area contributed by atoms with E-state index in [1.165, 1.54) is 12.8 Å². The topological polar surface area (TPSA) is 61.3 Å². The number of hydrogen-bond donors (Lipinski definition) is 2. The molecule has 1 heterocycles. The third kappa shape index (κ3) is 2.41. The van der Waals surface area contributed by atoms with Crippen molar-refractivity contribution in [2.45, 2.75) is 25.8 Å². The Morgan fingerprint density at radius 1 is 1.50 bits per heavy atom. The molecule has 1 saturated carbocycles. The molecule has 1 aliphatic carbocycles. The summed E-state index contributed by atoms with van der Waals surface area (Å²) in [7, 11) is 1.85. The van der Waals surface area contributed by atoms with Crippen LogP contribution in [-0.4, -0.2) is 41.3 Å². The number of aryl methyl sites for hydroxylation is 1. The lowest BCUT2D eigenvalue weighted by Gasteiger charge is -2.23. The van der Waals surface area contributed by atoms with Gasteiger partial charge in [0.05, 0.1) is 6.61 Å². The number of nitrogens with one attached hydrogen (secondary N) is 1. The molecular formula is C11H18N4O. The van der Waals surface area contributed by atoms with Crippen molar-refractivity contribution in [3.8, 4) is 0 Å². The van der Waals surface area contributed by atoms with Crippen molar-refractivity contribution in [3.63, 3.8) is 0 Å². The van der Waals surface area contributed by atoms with E-state index in [-0.39, 0.29) is 6.61 Å². The fourth-order valence-electron chi connectivity index (χ4n) is 1.81. The van der Waals surface area contributed by atoms with Gasteiger partial charge in [0.25, 0.3) is 0 Å². The summed E-state index contributed by atoms with van der Waals surface area (Å²) in [6, 6.07) is 2.48. The smallest absolute Gasteiger partial charge is 0.134 e. The van der Waals surface area contributed by atoms with Gasteiger partial charge in [-0.15, -0.1) is 0 Å². The molecule has 0 amide bonds. The van der Waals surface area contributed by atoms with E-state index in [4.69, 9.17) is 5.11 Å². The lowest BCUT2D eigenvalue weighted by molar-refractivity contribution is 0.301. The lowest BCUT2D eigenvalue weighted by atomic mass is 10.4. The first-order valence-electron chi connectivity index (χ1n) is 5.65. The van der Waals surface area contributed by atoms with Gasteiger partial charge in [-0.1, -0.05) is 0 Å². The molecule has 2 N–H and O–H groups in total. The van der Waals surface area contributed by atoms with Gasteiger partial charge in [-0.2, -0.15) is 0 Å². The van der Waals surface area contributed by atoms with E-state index in [1.807, 2.05) is 20.0 Å². The molecule has 0 atom stereocenters. The lowest BCUT2D eigenvalue weighted by Crippen LogP contribution is -2.30. The molecule has 0 spiro atoms. The van der Waals surface area contributed by atoms with Crippen LogP contribution in [0.3, 0.4) is 0 Å². The monoisotopic (exact) mass is 222 g/mol. The maximum Gasteiger partial charge on any atom is 0.134 e. The summed E-state index contributed by atoms with van der Waals surface area (Å²) in [5.41, 5.74) is 0. The van der Waals surface area contributed by atoms with Crippen molar-refractivity contribution in [1.29, 1.82) is 0 Å². The molecule has 0 saturated heterocycles. The quantitative estimate of drug-likeness (QED) is 0.771. The number of aliphatic hydroxyl groups excluding tert-OH is 1. The molecule has 1 aromatic heterocycles. The first kappa shape index (κ1) is 11.1. The van der Waals surface area contributed by atoms with Crippen LogP contribution >= 0.6 is 0 Å². The molecule has 16 heavy (non-hydrogen) atoms. The summed E-state index contributed by atoms with van der Waals surface area (Å²) in [4.78, 5) is 10.9.